The molecule has 0 radical (unpaired) electrons. The Balaban J connectivity index is 1.58. The van der Waals surface area contributed by atoms with E-state index in [2.05, 4.69) is 20.9 Å². The fourth-order valence-electron chi connectivity index (χ4n) is 5.59. The van der Waals surface area contributed by atoms with Crippen molar-refractivity contribution in [2.45, 2.75) is 57.5 Å². The van der Waals surface area contributed by atoms with Gasteiger partial charge in [-0.05, 0) is 55.7 Å². The summed E-state index contributed by atoms with van der Waals surface area (Å²) in [7, 11) is 0. The molecular weight excluding hydrogens is 354 g/mol. The van der Waals surface area contributed by atoms with Gasteiger partial charge in [-0.3, -0.25) is 14.2 Å². The molecule has 1 fully saturated rings. The van der Waals surface area contributed by atoms with Gasteiger partial charge in [-0.15, -0.1) is 0 Å². The summed E-state index contributed by atoms with van der Waals surface area (Å²) in [5, 5.41) is 9.95. The smallest absolute Gasteiger partial charge is 0.277 e. The van der Waals surface area contributed by atoms with Crippen LogP contribution in [0.5, 0.6) is 0 Å². The molecule has 4 aliphatic rings. The predicted molar refractivity (Wildman–Crippen MR) is 106 cm³/mol. The summed E-state index contributed by atoms with van der Waals surface area (Å²) in [6.45, 7) is 2.84. The van der Waals surface area contributed by atoms with E-state index in [4.69, 9.17) is 0 Å². The fourth-order valence-corrected chi connectivity index (χ4v) is 5.59. The molecule has 0 atom stereocenters. The molecule has 5 heterocycles. The average molecular weight is 377 g/mol. The fraction of sp³-hybridized carbons (Fsp3) is 0.476. The second-order valence-electron chi connectivity index (χ2n) is 8.48. The first-order valence-corrected chi connectivity index (χ1v) is 10.2. The first-order valence-electron chi connectivity index (χ1n) is 10.2. The van der Waals surface area contributed by atoms with E-state index in [1.54, 1.807) is 4.57 Å². The summed E-state index contributed by atoms with van der Waals surface area (Å²) in [6, 6.07) is 0. The molecule has 7 heteroatoms. The molecule has 28 heavy (non-hydrogen) atoms. The number of aromatic nitrogens is 2. The highest BCUT2D eigenvalue weighted by Gasteiger charge is 2.46. The van der Waals surface area contributed by atoms with Gasteiger partial charge in [-0.2, -0.15) is 0 Å². The Hall–Kier alpha value is -2.83. The summed E-state index contributed by atoms with van der Waals surface area (Å²) in [4.78, 5) is 31.1. The van der Waals surface area contributed by atoms with Gasteiger partial charge in [0.05, 0.1) is 5.69 Å². The summed E-state index contributed by atoms with van der Waals surface area (Å²) in [5.74, 6) is 0.801. The van der Waals surface area contributed by atoms with Crippen molar-refractivity contribution < 1.29 is 4.79 Å². The molecule has 2 aromatic rings. The Labute approximate surface area is 162 Å². The lowest BCUT2D eigenvalue weighted by atomic mass is 9.88. The van der Waals surface area contributed by atoms with E-state index in [0.717, 1.165) is 78.8 Å². The topological polar surface area (TPSA) is 88.1 Å². The van der Waals surface area contributed by atoms with Crippen LogP contribution < -0.4 is 21.5 Å². The zero-order valence-corrected chi connectivity index (χ0v) is 15.9. The van der Waals surface area contributed by atoms with Crippen LogP contribution in [-0.4, -0.2) is 22.0 Å². The number of amides is 1. The van der Waals surface area contributed by atoms with Gasteiger partial charge in [0, 0.05) is 24.7 Å². The van der Waals surface area contributed by atoms with Gasteiger partial charge in [-0.25, -0.2) is 4.98 Å². The summed E-state index contributed by atoms with van der Waals surface area (Å²) in [6.07, 6.45) is 8.29. The largest absolute Gasteiger partial charge is 0.369 e. The number of fused-ring (bicyclic) bond motifs is 6. The number of nitrogens with one attached hydrogen (secondary N) is 3. The highest BCUT2D eigenvalue weighted by molar-refractivity contribution is 5.98. The standard InChI is InChI=1S/C21H23N5O2/c1-11-14-9-12-10-23-18-13(5-8-22-18)15(12)24-16(14)20(28)26-17(11)19(27)25-21(26)6-3-2-4-7-21/h10,24H,2-9H2,1H3,(H,22,23)(H,25,27). The second kappa shape index (κ2) is 5.37. The Morgan fingerprint density at radius 3 is 2.75 bits per heavy atom. The minimum absolute atomic E-state index is 0.0713. The van der Waals surface area contributed by atoms with Crippen LogP contribution in [0.4, 0.5) is 17.2 Å². The van der Waals surface area contributed by atoms with Crippen LogP contribution in [-0.2, 0) is 18.5 Å². The average Bonchev–Trinajstić information content (AvgIpc) is 3.28. The molecule has 0 saturated heterocycles. The number of anilines is 3. The third-order valence-corrected chi connectivity index (χ3v) is 6.96. The Bertz CT molecular complexity index is 1110. The quantitative estimate of drug-likeness (QED) is 0.560. The molecule has 0 aromatic carbocycles. The molecule has 1 spiro atoms. The Morgan fingerprint density at radius 1 is 1.11 bits per heavy atom. The number of rotatable bonds is 0. The van der Waals surface area contributed by atoms with Crippen molar-refractivity contribution in [1.29, 1.82) is 0 Å². The number of carbonyl (C=O) groups is 1. The van der Waals surface area contributed by atoms with Crippen molar-refractivity contribution in [3.05, 3.63) is 44.5 Å². The van der Waals surface area contributed by atoms with E-state index in [-0.39, 0.29) is 11.5 Å². The molecule has 0 unspecified atom stereocenters. The Kier molecular flexibility index (Phi) is 3.10. The lowest BCUT2D eigenvalue weighted by Gasteiger charge is -2.36. The molecule has 144 valence electrons. The number of carbonyl (C=O) groups excluding carboxylic acids is 1. The molecular formula is C21H23N5O2. The first-order chi connectivity index (χ1) is 13.6. The van der Waals surface area contributed by atoms with Gasteiger partial charge in [0.15, 0.2) is 0 Å². The molecule has 3 N–H and O–H groups in total. The summed E-state index contributed by atoms with van der Waals surface area (Å²) < 4.78 is 1.78. The van der Waals surface area contributed by atoms with Crippen LogP contribution in [0.2, 0.25) is 0 Å². The maximum Gasteiger partial charge on any atom is 0.277 e. The number of pyridine rings is 2. The maximum absolute atomic E-state index is 13.7. The van der Waals surface area contributed by atoms with E-state index >= 15 is 0 Å². The van der Waals surface area contributed by atoms with Crippen molar-refractivity contribution in [2.75, 3.05) is 17.2 Å². The van der Waals surface area contributed by atoms with E-state index in [1.807, 2.05) is 13.1 Å². The monoisotopic (exact) mass is 377 g/mol. The van der Waals surface area contributed by atoms with Crippen molar-refractivity contribution in [1.82, 2.24) is 14.9 Å². The molecule has 7 nitrogen and oxygen atoms in total. The molecule has 1 aliphatic carbocycles. The van der Waals surface area contributed by atoms with Crippen LogP contribution in [0.3, 0.4) is 0 Å². The van der Waals surface area contributed by atoms with Crippen LogP contribution in [0.1, 0.15) is 64.8 Å². The minimum Gasteiger partial charge on any atom is -0.369 e. The molecule has 1 saturated carbocycles. The van der Waals surface area contributed by atoms with Gasteiger partial charge >= 0.3 is 0 Å². The zero-order valence-electron chi connectivity index (χ0n) is 15.9. The molecule has 6 rings (SSSR count). The lowest BCUT2D eigenvalue weighted by molar-refractivity contribution is 0.0876. The molecule has 2 aromatic heterocycles. The zero-order chi connectivity index (χ0) is 19.0. The maximum atomic E-state index is 13.7. The Morgan fingerprint density at radius 2 is 1.93 bits per heavy atom. The normalized spacial score (nSPS) is 20.5. The van der Waals surface area contributed by atoms with Crippen LogP contribution in [0.25, 0.3) is 0 Å². The van der Waals surface area contributed by atoms with Crippen molar-refractivity contribution in [3.8, 4) is 0 Å². The van der Waals surface area contributed by atoms with Gasteiger partial charge < -0.3 is 16.0 Å². The van der Waals surface area contributed by atoms with E-state index in [9.17, 15) is 9.59 Å². The van der Waals surface area contributed by atoms with E-state index in [1.165, 1.54) is 0 Å². The highest BCUT2D eigenvalue weighted by atomic mass is 16.2. The predicted octanol–water partition coefficient (Wildman–Crippen LogP) is 2.53. The van der Waals surface area contributed by atoms with Gasteiger partial charge in [0.1, 0.15) is 22.9 Å². The van der Waals surface area contributed by atoms with Gasteiger partial charge in [0.2, 0.25) is 0 Å². The lowest BCUT2D eigenvalue weighted by Crippen LogP contribution is -2.49. The third-order valence-electron chi connectivity index (χ3n) is 6.96. The van der Waals surface area contributed by atoms with Crippen LogP contribution in [0, 0.1) is 6.92 Å². The minimum atomic E-state index is -0.550. The van der Waals surface area contributed by atoms with E-state index in [0.29, 0.717) is 17.8 Å². The second-order valence-corrected chi connectivity index (χ2v) is 8.48. The van der Waals surface area contributed by atoms with Crippen molar-refractivity contribution >= 4 is 23.1 Å². The number of nitrogens with zero attached hydrogens (tertiary/aromatic N) is 2. The van der Waals surface area contributed by atoms with E-state index < -0.39 is 5.66 Å². The summed E-state index contributed by atoms with van der Waals surface area (Å²) in [5.41, 5.74) is 5.67. The SMILES string of the molecule is Cc1c2c(c(=O)n3c1C(=O)NC31CCCCC1)Nc1c(cnc3c1CCN3)C2. The van der Waals surface area contributed by atoms with Crippen LogP contribution >= 0.6 is 0 Å². The van der Waals surface area contributed by atoms with Crippen LogP contribution in [0.15, 0.2) is 11.0 Å². The van der Waals surface area contributed by atoms with Crippen molar-refractivity contribution in [2.24, 2.45) is 0 Å². The highest BCUT2D eigenvalue weighted by Crippen LogP contribution is 2.42. The van der Waals surface area contributed by atoms with Crippen molar-refractivity contribution in [3.63, 3.8) is 0 Å². The molecule has 3 aliphatic heterocycles. The summed E-state index contributed by atoms with van der Waals surface area (Å²) >= 11 is 0. The first kappa shape index (κ1) is 16.2. The molecule has 0 bridgehead atoms. The number of hydrogen-bond donors (Lipinski definition) is 3. The third kappa shape index (κ3) is 1.91. The van der Waals surface area contributed by atoms with Gasteiger partial charge in [-0.1, -0.05) is 6.42 Å². The molecule has 1 amide bonds. The van der Waals surface area contributed by atoms with Gasteiger partial charge in [0.25, 0.3) is 11.5 Å². The number of hydrogen-bond acceptors (Lipinski definition) is 5.